The molecule has 0 aliphatic heterocycles. The van der Waals surface area contributed by atoms with Crippen molar-refractivity contribution in [3.8, 4) is 0 Å². The minimum absolute atomic E-state index is 0.0474. The van der Waals surface area contributed by atoms with Gasteiger partial charge in [0.2, 0.25) is 5.95 Å². The van der Waals surface area contributed by atoms with Crippen LogP contribution in [0.4, 0.5) is 4.39 Å². The fourth-order valence-corrected chi connectivity index (χ4v) is 1.59. The van der Waals surface area contributed by atoms with Gasteiger partial charge >= 0.3 is 0 Å². The smallest absolute Gasteiger partial charge is 0.217 e. The van der Waals surface area contributed by atoms with Crippen LogP contribution in [0.1, 0.15) is 18.4 Å². The van der Waals surface area contributed by atoms with E-state index in [1.165, 1.54) is 6.20 Å². The molecule has 1 nitrogen and oxygen atoms in total. The second-order valence-corrected chi connectivity index (χ2v) is 3.61. The highest BCUT2D eigenvalue weighted by Gasteiger charge is 2.14. The first-order valence-corrected chi connectivity index (χ1v) is 5.02. The SMILES string of the molecule is CC(CBr)c1c(Cl)ccnc1F. The van der Waals surface area contributed by atoms with E-state index in [1.54, 1.807) is 6.07 Å². The molecule has 66 valence electrons. The molecule has 0 aromatic carbocycles. The Bertz CT molecular complexity index is 260. The molecule has 1 aromatic rings. The summed E-state index contributed by atoms with van der Waals surface area (Å²) in [6.45, 7) is 1.89. The van der Waals surface area contributed by atoms with Crippen LogP contribution in [-0.2, 0) is 0 Å². The van der Waals surface area contributed by atoms with Crippen molar-refractivity contribution in [3.05, 3.63) is 28.8 Å². The van der Waals surface area contributed by atoms with Gasteiger partial charge in [-0.3, -0.25) is 0 Å². The topological polar surface area (TPSA) is 12.9 Å². The lowest BCUT2D eigenvalue weighted by Crippen LogP contribution is -2.01. The summed E-state index contributed by atoms with van der Waals surface area (Å²) in [5.74, 6) is -0.430. The van der Waals surface area contributed by atoms with Crippen LogP contribution in [0.15, 0.2) is 12.3 Å². The highest BCUT2D eigenvalue weighted by Crippen LogP contribution is 2.26. The van der Waals surface area contributed by atoms with Crippen molar-refractivity contribution in [1.29, 1.82) is 0 Å². The van der Waals surface area contributed by atoms with E-state index in [-0.39, 0.29) is 5.92 Å². The summed E-state index contributed by atoms with van der Waals surface area (Å²) in [4.78, 5) is 3.54. The fraction of sp³-hybridized carbons (Fsp3) is 0.375. The summed E-state index contributed by atoms with van der Waals surface area (Å²) in [5, 5.41) is 1.12. The summed E-state index contributed by atoms with van der Waals surface area (Å²) in [6, 6.07) is 1.60. The maximum Gasteiger partial charge on any atom is 0.217 e. The average molecular weight is 253 g/mol. The molecular weight excluding hydrogens is 244 g/mol. The maximum atomic E-state index is 13.1. The van der Waals surface area contributed by atoms with Crippen LogP contribution >= 0.6 is 27.5 Å². The lowest BCUT2D eigenvalue weighted by molar-refractivity contribution is 0.558. The molecule has 0 amide bonds. The molecule has 12 heavy (non-hydrogen) atoms. The average Bonchev–Trinajstić information content (AvgIpc) is 2.03. The first kappa shape index (κ1) is 9.93. The predicted molar refractivity (Wildman–Crippen MR) is 51.4 cm³/mol. The third-order valence-electron chi connectivity index (χ3n) is 1.61. The van der Waals surface area contributed by atoms with Gasteiger partial charge in [-0.2, -0.15) is 4.39 Å². The van der Waals surface area contributed by atoms with Gasteiger partial charge in [0, 0.05) is 17.1 Å². The Morgan fingerprint density at radius 2 is 2.42 bits per heavy atom. The predicted octanol–water partition coefficient (Wildman–Crippen LogP) is 3.37. The van der Waals surface area contributed by atoms with Crippen LogP contribution < -0.4 is 0 Å². The zero-order valence-corrected chi connectivity index (χ0v) is 8.86. The Kier molecular flexibility index (Phi) is 3.47. The first-order valence-electron chi connectivity index (χ1n) is 3.52. The van der Waals surface area contributed by atoms with E-state index < -0.39 is 5.95 Å². The van der Waals surface area contributed by atoms with Crippen LogP contribution in [-0.4, -0.2) is 10.3 Å². The number of aromatic nitrogens is 1. The molecule has 0 saturated heterocycles. The molecule has 1 unspecified atom stereocenters. The van der Waals surface area contributed by atoms with Crippen LogP contribution in [0, 0.1) is 5.95 Å². The van der Waals surface area contributed by atoms with Gasteiger partial charge in [0.05, 0.1) is 5.02 Å². The summed E-state index contributed by atoms with van der Waals surface area (Å²) < 4.78 is 13.1. The van der Waals surface area contributed by atoms with Crippen molar-refractivity contribution >= 4 is 27.5 Å². The first-order chi connectivity index (χ1) is 5.66. The van der Waals surface area contributed by atoms with Crippen LogP contribution in [0.5, 0.6) is 0 Å². The lowest BCUT2D eigenvalue weighted by atomic mass is 10.1. The van der Waals surface area contributed by atoms with E-state index in [1.807, 2.05) is 6.92 Å². The molecule has 0 bridgehead atoms. The van der Waals surface area contributed by atoms with Gasteiger partial charge in [0.25, 0.3) is 0 Å². The molecule has 1 aromatic heterocycles. The van der Waals surface area contributed by atoms with E-state index in [0.29, 0.717) is 15.9 Å². The third kappa shape index (κ3) is 1.96. The number of pyridine rings is 1. The van der Waals surface area contributed by atoms with Crippen molar-refractivity contribution in [2.75, 3.05) is 5.33 Å². The van der Waals surface area contributed by atoms with E-state index in [0.717, 1.165) is 0 Å². The van der Waals surface area contributed by atoms with Gasteiger partial charge in [0.1, 0.15) is 0 Å². The highest BCUT2D eigenvalue weighted by molar-refractivity contribution is 9.09. The standard InChI is InChI=1S/C8H8BrClFN/c1-5(4-9)7-6(10)2-3-12-8(7)11/h2-3,5H,4H2,1H3. The van der Waals surface area contributed by atoms with Crippen molar-refractivity contribution in [3.63, 3.8) is 0 Å². The number of alkyl halides is 1. The van der Waals surface area contributed by atoms with Gasteiger partial charge in [-0.1, -0.05) is 34.5 Å². The van der Waals surface area contributed by atoms with Crippen molar-refractivity contribution < 1.29 is 4.39 Å². The van der Waals surface area contributed by atoms with Gasteiger partial charge < -0.3 is 0 Å². The Morgan fingerprint density at radius 3 is 2.92 bits per heavy atom. The summed E-state index contributed by atoms with van der Waals surface area (Å²) in [5.41, 5.74) is 0.482. The van der Waals surface area contributed by atoms with E-state index in [2.05, 4.69) is 20.9 Å². The monoisotopic (exact) mass is 251 g/mol. The molecular formula is C8H8BrClFN. The minimum Gasteiger partial charge on any atom is -0.228 e. The molecule has 0 aliphatic rings. The van der Waals surface area contributed by atoms with Gasteiger partial charge in [-0.05, 0) is 12.0 Å². The van der Waals surface area contributed by atoms with Crippen LogP contribution in [0.2, 0.25) is 5.02 Å². The summed E-state index contributed by atoms with van der Waals surface area (Å²) in [7, 11) is 0. The third-order valence-corrected chi connectivity index (χ3v) is 2.91. The maximum absolute atomic E-state index is 13.1. The van der Waals surface area contributed by atoms with Gasteiger partial charge in [0.15, 0.2) is 0 Å². The number of hydrogen-bond acceptors (Lipinski definition) is 1. The molecule has 0 saturated carbocycles. The molecule has 1 atom stereocenters. The Morgan fingerprint density at radius 1 is 1.75 bits per heavy atom. The van der Waals surface area contributed by atoms with Crippen LogP contribution in [0.25, 0.3) is 0 Å². The second kappa shape index (κ2) is 4.19. The van der Waals surface area contributed by atoms with Gasteiger partial charge in [-0.25, -0.2) is 4.98 Å². The number of rotatable bonds is 2. The summed E-state index contributed by atoms with van der Waals surface area (Å²) >= 11 is 9.07. The van der Waals surface area contributed by atoms with E-state index in [9.17, 15) is 4.39 Å². The zero-order chi connectivity index (χ0) is 9.14. The van der Waals surface area contributed by atoms with Crippen molar-refractivity contribution in [2.24, 2.45) is 0 Å². The lowest BCUT2D eigenvalue weighted by Gasteiger charge is -2.09. The molecule has 1 rings (SSSR count). The molecule has 4 heteroatoms. The van der Waals surface area contributed by atoms with Crippen molar-refractivity contribution in [2.45, 2.75) is 12.8 Å². The Hall–Kier alpha value is -0.150. The molecule has 0 spiro atoms. The highest BCUT2D eigenvalue weighted by atomic mass is 79.9. The van der Waals surface area contributed by atoms with Gasteiger partial charge in [-0.15, -0.1) is 0 Å². The number of halogens is 3. The largest absolute Gasteiger partial charge is 0.228 e. The Labute approximate surface area is 84.1 Å². The molecule has 0 aliphatic carbocycles. The Balaban J connectivity index is 3.12. The molecule has 0 fully saturated rings. The number of nitrogens with zero attached hydrogens (tertiary/aromatic N) is 1. The second-order valence-electron chi connectivity index (χ2n) is 2.55. The molecule has 0 N–H and O–H groups in total. The van der Waals surface area contributed by atoms with E-state index in [4.69, 9.17) is 11.6 Å². The fourth-order valence-electron chi connectivity index (χ4n) is 0.942. The zero-order valence-electron chi connectivity index (χ0n) is 6.52. The normalized spacial score (nSPS) is 13.0. The van der Waals surface area contributed by atoms with Crippen LogP contribution in [0.3, 0.4) is 0 Å². The van der Waals surface area contributed by atoms with Crippen molar-refractivity contribution in [1.82, 2.24) is 4.98 Å². The quantitative estimate of drug-likeness (QED) is 0.581. The number of hydrogen-bond donors (Lipinski definition) is 0. The molecule has 0 radical (unpaired) electrons. The van der Waals surface area contributed by atoms with E-state index >= 15 is 0 Å². The summed E-state index contributed by atoms with van der Waals surface area (Å²) in [6.07, 6.45) is 1.36. The minimum atomic E-state index is -0.477. The molecule has 1 heterocycles.